The number of benzene rings is 1. The molecule has 0 spiro atoms. The van der Waals surface area contributed by atoms with Gasteiger partial charge in [-0.15, -0.1) is 0 Å². The van der Waals surface area contributed by atoms with Crippen LogP contribution in [0.3, 0.4) is 0 Å². The van der Waals surface area contributed by atoms with E-state index < -0.39 is 23.1 Å². The molecule has 2 rings (SSSR count). The third-order valence-corrected chi connectivity index (χ3v) is 3.50. The fraction of sp³-hybridized carbons (Fsp3) is 0.462. The molecule has 0 atom stereocenters. The predicted octanol–water partition coefficient (Wildman–Crippen LogP) is 3.95. The van der Waals surface area contributed by atoms with Gasteiger partial charge in [-0.05, 0) is 18.9 Å². The Morgan fingerprint density at radius 2 is 1.84 bits per heavy atom. The van der Waals surface area contributed by atoms with E-state index in [-0.39, 0.29) is 5.56 Å². The van der Waals surface area contributed by atoms with Crippen molar-refractivity contribution >= 4 is 6.08 Å². The van der Waals surface area contributed by atoms with Crippen LogP contribution in [0.15, 0.2) is 23.2 Å². The van der Waals surface area contributed by atoms with E-state index in [1.807, 2.05) is 0 Å². The third-order valence-electron chi connectivity index (χ3n) is 3.50. The van der Waals surface area contributed by atoms with Gasteiger partial charge in [-0.25, -0.2) is 9.18 Å². The molecule has 1 fully saturated rings. The van der Waals surface area contributed by atoms with Crippen molar-refractivity contribution < 1.29 is 22.4 Å². The Bertz CT molecular complexity index is 526. The van der Waals surface area contributed by atoms with E-state index >= 15 is 0 Å². The summed E-state index contributed by atoms with van der Waals surface area (Å²) in [5, 5.41) is 0. The highest BCUT2D eigenvalue weighted by molar-refractivity contribution is 5.41. The number of halogens is 4. The van der Waals surface area contributed by atoms with E-state index in [0.29, 0.717) is 31.7 Å². The zero-order chi connectivity index (χ0) is 14.1. The first-order valence-corrected chi connectivity index (χ1v) is 5.86. The molecule has 102 valence electrons. The van der Waals surface area contributed by atoms with Crippen molar-refractivity contribution in [1.29, 1.82) is 0 Å². The third kappa shape index (κ3) is 2.40. The van der Waals surface area contributed by atoms with Crippen LogP contribution in [0.4, 0.5) is 17.6 Å². The van der Waals surface area contributed by atoms with Crippen LogP contribution in [-0.2, 0) is 16.5 Å². The van der Waals surface area contributed by atoms with Crippen molar-refractivity contribution in [2.24, 2.45) is 4.99 Å². The Labute approximate surface area is 107 Å². The van der Waals surface area contributed by atoms with Crippen molar-refractivity contribution in [2.45, 2.75) is 37.4 Å². The lowest BCUT2D eigenvalue weighted by atomic mass is 9.87. The molecule has 1 aromatic rings. The lowest BCUT2D eigenvalue weighted by molar-refractivity contribution is -0.140. The molecule has 0 unspecified atom stereocenters. The Kier molecular flexibility index (Phi) is 3.45. The molecule has 0 saturated heterocycles. The van der Waals surface area contributed by atoms with Crippen molar-refractivity contribution in [3.05, 3.63) is 35.1 Å². The lowest BCUT2D eigenvalue weighted by Gasteiger charge is -2.24. The van der Waals surface area contributed by atoms with Crippen LogP contribution in [-0.4, -0.2) is 6.08 Å². The van der Waals surface area contributed by atoms with Gasteiger partial charge in [0.15, 0.2) is 0 Å². The van der Waals surface area contributed by atoms with E-state index in [9.17, 15) is 22.4 Å². The van der Waals surface area contributed by atoms with E-state index in [4.69, 9.17) is 0 Å². The quantitative estimate of drug-likeness (QED) is 0.456. The average Bonchev–Trinajstić information content (AvgIpc) is 2.78. The summed E-state index contributed by atoms with van der Waals surface area (Å²) in [6, 6.07) is 3.09. The molecule has 1 saturated carbocycles. The monoisotopic (exact) mass is 273 g/mol. The largest absolute Gasteiger partial charge is 0.419 e. The summed E-state index contributed by atoms with van der Waals surface area (Å²) in [5.41, 5.74) is -2.67. The van der Waals surface area contributed by atoms with E-state index in [1.165, 1.54) is 12.1 Å². The standard InChI is InChI=1S/C13H11F4NO/c14-11-9(4-3-5-10(11)13(15,16)17)12(18-8-19)6-1-2-7-12/h3-5H,1-2,6-7H2. The first kappa shape index (κ1) is 13.7. The second kappa shape index (κ2) is 4.78. The maximum absolute atomic E-state index is 14.1. The van der Waals surface area contributed by atoms with Gasteiger partial charge < -0.3 is 0 Å². The number of isocyanates is 1. The SMILES string of the molecule is O=C=NC1(c2cccc(C(F)(F)F)c2F)CCCC1. The number of carbonyl (C=O) groups excluding carboxylic acids is 1. The molecule has 0 heterocycles. The average molecular weight is 273 g/mol. The van der Waals surface area contributed by atoms with Crippen LogP contribution in [0, 0.1) is 5.82 Å². The van der Waals surface area contributed by atoms with E-state index in [1.54, 1.807) is 0 Å². The molecule has 2 nitrogen and oxygen atoms in total. The highest BCUT2D eigenvalue weighted by atomic mass is 19.4. The van der Waals surface area contributed by atoms with Gasteiger partial charge in [-0.2, -0.15) is 18.2 Å². The van der Waals surface area contributed by atoms with Gasteiger partial charge in [0.1, 0.15) is 11.4 Å². The highest BCUT2D eigenvalue weighted by Crippen LogP contribution is 2.45. The Morgan fingerprint density at radius 1 is 1.21 bits per heavy atom. The summed E-state index contributed by atoms with van der Waals surface area (Å²) >= 11 is 0. The van der Waals surface area contributed by atoms with E-state index in [0.717, 1.165) is 6.07 Å². The zero-order valence-electron chi connectivity index (χ0n) is 9.93. The minimum absolute atomic E-state index is 0.164. The minimum Gasteiger partial charge on any atom is -0.211 e. The summed E-state index contributed by atoms with van der Waals surface area (Å²) in [6.07, 6.45) is -1.28. The Hall–Kier alpha value is -1.68. The van der Waals surface area contributed by atoms with Gasteiger partial charge >= 0.3 is 6.18 Å². The van der Waals surface area contributed by atoms with Crippen molar-refractivity contribution in [1.82, 2.24) is 0 Å². The zero-order valence-corrected chi connectivity index (χ0v) is 9.93. The molecule has 0 aliphatic heterocycles. The fourth-order valence-corrected chi connectivity index (χ4v) is 2.60. The molecule has 0 amide bonds. The van der Waals surface area contributed by atoms with Crippen molar-refractivity contribution in [2.75, 3.05) is 0 Å². The highest BCUT2D eigenvalue weighted by Gasteiger charge is 2.42. The van der Waals surface area contributed by atoms with E-state index in [2.05, 4.69) is 4.99 Å². The van der Waals surface area contributed by atoms with Gasteiger partial charge in [0, 0.05) is 5.56 Å². The fourth-order valence-electron chi connectivity index (χ4n) is 2.60. The molecular weight excluding hydrogens is 262 g/mol. The normalized spacial score (nSPS) is 18.1. The molecule has 0 N–H and O–H groups in total. The van der Waals surface area contributed by atoms with Gasteiger partial charge in [-0.1, -0.05) is 25.0 Å². The maximum atomic E-state index is 14.1. The predicted molar refractivity (Wildman–Crippen MR) is 59.7 cm³/mol. The first-order valence-electron chi connectivity index (χ1n) is 5.86. The minimum atomic E-state index is -4.76. The van der Waals surface area contributed by atoms with Crippen LogP contribution in [0.25, 0.3) is 0 Å². The van der Waals surface area contributed by atoms with Crippen molar-refractivity contribution in [3.8, 4) is 0 Å². The van der Waals surface area contributed by atoms with Crippen molar-refractivity contribution in [3.63, 3.8) is 0 Å². The molecule has 0 bridgehead atoms. The maximum Gasteiger partial charge on any atom is 0.419 e. The van der Waals surface area contributed by atoms with Crippen LogP contribution >= 0.6 is 0 Å². The van der Waals surface area contributed by atoms with Gasteiger partial charge in [-0.3, -0.25) is 0 Å². The summed E-state index contributed by atoms with van der Waals surface area (Å²) in [7, 11) is 0. The van der Waals surface area contributed by atoms with Crippen LogP contribution in [0.5, 0.6) is 0 Å². The summed E-state index contributed by atoms with van der Waals surface area (Å²) in [5.74, 6) is -1.34. The smallest absolute Gasteiger partial charge is 0.211 e. The number of hydrogen-bond donors (Lipinski definition) is 0. The van der Waals surface area contributed by atoms with Gasteiger partial charge in [0.25, 0.3) is 0 Å². The molecule has 1 aliphatic carbocycles. The molecule has 1 aromatic carbocycles. The Morgan fingerprint density at radius 3 is 2.37 bits per heavy atom. The first-order chi connectivity index (χ1) is 8.91. The molecule has 6 heteroatoms. The molecule has 1 aliphatic rings. The number of alkyl halides is 3. The van der Waals surface area contributed by atoms with Crippen LogP contribution < -0.4 is 0 Å². The number of hydrogen-bond acceptors (Lipinski definition) is 2. The number of aliphatic imine (C=N–C) groups is 1. The van der Waals surface area contributed by atoms with Crippen LogP contribution in [0.1, 0.15) is 36.8 Å². The second-order valence-corrected chi connectivity index (χ2v) is 4.61. The lowest BCUT2D eigenvalue weighted by Crippen LogP contribution is -2.23. The second-order valence-electron chi connectivity index (χ2n) is 4.61. The summed E-state index contributed by atoms with van der Waals surface area (Å²) in [4.78, 5) is 14.1. The molecule has 0 radical (unpaired) electrons. The Balaban J connectivity index is 2.59. The molecular formula is C13H11F4NO. The topological polar surface area (TPSA) is 29.4 Å². The number of nitrogens with zero attached hydrogens (tertiary/aromatic N) is 1. The molecule has 0 aromatic heterocycles. The molecule has 19 heavy (non-hydrogen) atoms. The van der Waals surface area contributed by atoms with Gasteiger partial charge in [0.2, 0.25) is 6.08 Å². The summed E-state index contributed by atoms with van der Waals surface area (Å²) in [6.45, 7) is 0. The van der Waals surface area contributed by atoms with Crippen LogP contribution in [0.2, 0.25) is 0 Å². The van der Waals surface area contributed by atoms with Gasteiger partial charge in [0.05, 0.1) is 5.56 Å². The summed E-state index contributed by atoms with van der Waals surface area (Å²) < 4.78 is 52.1. The number of rotatable bonds is 2.